The van der Waals surface area contributed by atoms with Gasteiger partial charge in [-0.2, -0.15) is 0 Å². The SMILES string of the molecule is CC[C@H](C(=O)NCC(C)C)N(Cc1ccccc1)C(=O)CCCN(c1cccc(C)c1C)S(C)(=O)=O. The molecule has 0 aromatic heterocycles. The van der Waals surface area contributed by atoms with Crippen LogP contribution < -0.4 is 9.62 Å². The largest absolute Gasteiger partial charge is 0.354 e. The van der Waals surface area contributed by atoms with Gasteiger partial charge >= 0.3 is 0 Å². The minimum Gasteiger partial charge on any atom is -0.354 e. The fraction of sp³-hybridized carbons (Fsp3) is 0.500. The van der Waals surface area contributed by atoms with E-state index < -0.39 is 16.1 Å². The van der Waals surface area contributed by atoms with Gasteiger partial charge in [0.2, 0.25) is 21.8 Å². The summed E-state index contributed by atoms with van der Waals surface area (Å²) < 4.78 is 26.6. The first-order valence-corrected chi connectivity index (χ1v) is 14.5. The average molecular weight is 516 g/mol. The van der Waals surface area contributed by atoms with Crippen molar-refractivity contribution in [2.75, 3.05) is 23.7 Å². The fourth-order valence-corrected chi connectivity index (χ4v) is 5.13. The van der Waals surface area contributed by atoms with Crippen molar-refractivity contribution in [1.29, 1.82) is 0 Å². The molecule has 0 fully saturated rings. The summed E-state index contributed by atoms with van der Waals surface area (Å²) in [5.41, 5.74) is 3.47. The highest BCUT2D eigenvalue weighted by Gasteiger charge is 2.29. The number of hydrogen-bond donors (Lipinski definition) is 1. The Labute approximate surface area is 216 Å². The predicted octanol–water partition coefficient (Wildman–Crippen LogP) is 4.43. The van der Waals surface area contributed by atoms with Crippen LogP contribution in [-0.2, 0) is 26.2 Å². The lowest BCUT2D eigenvalue weighted by Gasteiger charge is -2.31. The first-order chi connectivity index (χ1) is 17.0. The number of benzene rings is 2. The quantitative estimate of drug-likeness (QED) is 0.428. The molecule has 0 spiro atoms. The van der Waals surface area contributed by atoms with E-state index in [0.29, 0.717) is 37.5 Å². The molecule has 0 saturated heterocycles. The second-order valence-electron chi connectivity index (χ2n) is 9.73. The van der Waals surface area contributed by atoms with Crippen LogP contribution in [0.1, 0.15) is 56.7 Å². The van der Waals surface area contributed by atoms with Crippen LogP contribution >= 0.6 is 0 Å². The number of carbonyl (C=O) groups is 2. The van der Waals surface area contributed by atoms with Crippen molar-refractivity contribution in [2.24, 2.45) is 5.92 Å². The molecule has 2 aromatic rings. The molecule has 0 bridgehead atoms. The van der Waals surface area contributed by atoms with Gasteiger partial charge in [-0.3, -0.25) is 13.9 Å². The maximum atomic E-state index is 13.5. The van der Waals surface area contributed by atoms with Gasteiger partial charge in [0, 0.05) is 26.1 Å². The maximum Gasteiger partial charge on any atom is 0.242 e. The van der Waals surface area contributed by atoms with Crippen molar-refractivity contribution in [2.45, 2.75) is 66.5 Å². The van der Waals surface area contributed by atoms with Gasteiger partial charge in [0.1, 0.15) is 6.04 Å². The van der Waals surface area contributed by atoms with Gasteiger partial charge in [-0.05, 0) is 55.4 Å². The normalized spacial score (nSPS) is 12.3. The number of anilines is 1. The standard InChI is InChI=1S/C28H41N3O4S/c1-7-25(28(33)29-19-21(2)3)30(20-24-14-9-8-10-15-24)27(32)17-12-18-31(36(6,34)35)26-16-11-13-22(4)23(26)5/h8-11,13-16,21,25H,7,12,17-20H2,1-6H3,(H,29,33)/t25-/m1/s1. The summed E-state index contributed by atoms with van der Waals surface area (Å²) in [5.74, 6) is -0.0276. The van der Waals surface area contributed by atoms with Crippen LogP contribution in [0.2, 0.25) is 0 Å². The van der Waals surface area contributed by atoms with Gasteiger partial charge in [-0.25, -0.2) is 8.42 Å². The lowest BCUT2D eigenvalue weighted by atomic mass is 10.1. The van der Waals surface area contributed by atoms with Gasteiger partial charge in [0.15, 0.2) is 0 Å². The molecule has 0 aliphatic rings. The van der Waals surface area contributed by atoms with E-state index in [2.05, 4.69) is 5.32 Å². The molecule has 2 rings (SSSR count). The molecule has 0 aliphatic carbocycles. The molecule has 1 atom stereocenters. The van der Waals surface area contributed by atoms with E-state index in [1.807, 2.05) is 77.1 Å². The molecule has 2 aromatic carbocycles. The second-order valence-corrected chi connectivity index (χ2v) is 11.6. The Bertz CT molecular complexity index is 1120. The number of amides is 2. The van der Waals surface area contributed by atoms with Crippen LogP contribution in [0.25, 0.3) is 0 Å². The third kappa shape index (κ3) is 8.36. The lowest BCUT2D eigenvalue weighted by molar-refractivity contribution is -0.141. The van der Waals surface area contributed by atoms with Crippen molar-refractivity contribution in [3.05, 3.63) is 65.2 Å². The van der Waals surface area contributed by atoms with Crippen molar-refractivity contribution in [3.63, 3.8) is 0 Å². The number of carbonyl (C=O) groups excluding carboxylic acids is 2. The number of nitrogens with zero attached hydrogens (tertiary/aromatic N) is 2. The average Bonchev–Trinajstić information content (AvgIpc) is 2.82. The molecule has 36 heavy (non-hydrogen) atoms. The third-order valence-electron chi connectivity index (χ3n) is 6.26. The Balaban J connectivity index is 2.21. The maximum absolute atomic E-state index is 13.5. The highest BCUT2D eigenvalue weighted by Crippen LogP contribution is 2.25. The van der Waals surface area contributed by atoms with E-state index in [1.54, 1.807) is 11.0 Å². The lowest BCUT2D eigenvalue weighted by Crippen LogP contribution is -2.49. The fourth-order valence-electron chi connectivity index (χ4n) is 4.11. The van der Waals surface area contributed by atoms with E-state index in [-0.39, 0.29) is 24.8 Å². The number of nitrogens with one attached hydrogen (secondary N) is 1. The Morgan fingerprint density at radius 2 is 1.67 bits per heavy atom. The van der Waals surface area contributed by atoms with Crippen molar-refractivity contribution in [3.8, 4) is 0 Å². The van der Waals surface area contributed by atoms with Crippen LogP contribution in [0, 0.1) is 19.8 Å². The first kappa shape index (κ1) is 29.4. The highest BCUT2D eigenvalue weighted by atomic mass is 32.2. The number of hydrogen-bond acceptors (Lipinski definition) is 4. The van der Waals surface area contributed by atoms with Crippen LogP contribution in [-0.4, -0.2) is 50.5 Å². The smallest absolute Gasteiger partial charge is 0.242 e. The second kappa shape index (κ2) is 13.4. The van der Waals surface area contributed by atoms with Gasteiger partial charge in [0.05, 0.1) is 11.9 Å². The molecular weight excluding hydrogens is 474 g/mol. The first-order valence-electron chi connectivity index (χ1n) is 12.6. The molecule has 8 heteroatoms. The minimum atomic E-state index is -3.53. The molecule has 0 radical (unpaired) electrons. The summed E-state index contributed by atoms with van der Waals surface area (Å²) >= 11 is 0. The van der Waals surface area contributed by atoms with E-state index in [0.717, 1.165) is 16.7 Å². The summed E-state index contributed by atoms with van der Waals surface area (Å²) in [6, 6.07) is 14.6. The summed E-state index contributed by atoms with van der Waals surface area (Å²) in [5, 5.41) is 2.96. The monoisotopic (exact) mass is 515 g/mol. The molecular formula is C28H41N3O4S. The molecule has 1 N–H and O–H groups in total. The van der Waals surface area contributed by atoms with Gasteiger partial charge in [0.25, 0.3) is 0 Å². The summed E-state index contributed by atoms with van der Waals surface area (Å²) in [7, 11) is -3.53. The van der Waals surface area contributed by atoms with Gasteiger partial charge < -0.3 is 10.2 Å². The van der Waals surface area contributed by atoms with Crippen LogP contribution in [0.4, 0.5) is 5.69 Å². The Hall–Kier alpha value is -2.87. The molecule has 2 amide bonds. The molecule has 0 aliphatic heterocycles. The van der Waals surface area contributed by atoms with Crippen molar-refractivity contribution < 1.29 is 18.0 Å². The van der Waals surface area contributed by atoms with E-state index in [1.165, 1.54) is 10.6 Å². The Kier molecular flexibility index (Phi) is 11.0. The van der Waals surface area contributed by atoms with E-state index >= 15 is 0 Å². The number of sulfonamides is 1. The van der Waals surface area contributed by atoms with E-state index in [9.17, 15) is 18.0 Å². The number of rotatable bonds is 13. The van der Waals surface area contributed by atoms with Crippen molar-refractivity contribution in [1.82, 2.24) is 10.2 Å². The topological polar surface area (TPSA) is 86.8 Å². The summed E-state index contributed by atoms with van der Waals surface area (Å²) in [6.07, 6.45) is 2.15. The van der Waals surface area contributed by atoms with Gasteiger partial charge in [-0.15, -0.1) is 0 Å². The summed E-state index contributed by atoms with van der Waals surface area (Å²) in [4.78, 5) is 28.1. The Morgan fingerprint density at radius 1 is 1.00 bits per heavy atom. The molecule has 0 saturated carbocycles. The number of aryl methyl sites for hydroxylation is 1. The van der Waals surface area contributed by atoms with Crippen LogP contribution in [0.5, 0.6) is 0 Å². The Morgan fingerprint density at radius 3 is 2.25 bits per heavy atom. The summed E-state index contributed by atoms with van der Waals surface area (Å²) in [6.45, 7) is 10.8. The van der Waals surface area contributed by atoms with Crippen LogP contribution in [0.15, 0.2) is 48.5 Å². The highest BCUT2D eigenvalue weighted by molar-refractivity contribution is 7.92. The van der Waals surface area contributed by atoms with Crippen molar-refractivity contribution >= 4 is 27.5 Å². The third-order valence-corrected chi connectivity index (χ3v) is 7.44. The predicted molar refractivity (Wildman–Crippen MR) is 146 cm³/mol. The molecule has 0 unspecified atom stereocenters. The zero-order valence-corrected chi connectivity index (χ0v) is 23.3. The zero-order chi connectivity index (χ0) is 26.9. The molecule has 7 nitrogen and oxygen atoms in total. The molecule has 0 heterocycles. The minimum absolute atomic E-state index is 0.137. The zero-order valence-electron chi connectivity index (χ0n) is 22.5. The van der Waals surface area contributed by atoms with Gasteiger partial charge in [-0.1, -0.05) is 63.2 Å². The molecule has 198 valence electrons. The van der Waals surface area contributed by atoms with Crippen LogP contribution in [0.3, 0.4) is 0 Å². The van der Waals surface area contributed by atoms with E-state index in [4.69, 9.17) is 0 Å².